The Bertz CT molecular complexity index is 549. The standard InChI is InChI=1S/C13H14F3S.ClH/c1-12(2,3)11-8-9-6-4-5-7-10(9)17(11)13(14,15)16;/h4-8H,1-3H3;1H/q+1;/p-1. The van der Waals surface area contributed by atoms with Gasteiger partial charge in [0.05, 0.1) is 10.5 Å². The molecule has 2 aromatic rings. The van der Waals surface area contributed by atoms with Gasteiger partial charge in [-0.05, 0) is 12.1 Å². The van der Waals surface area contributed by atoms with Crippen molar-refractivity contribution in [3.63, 3.8) is 0 Å². The van der Waals surface area contributed by atoms with Gasteiger partial charge < -0.3 is 12.4 Å². The lowest BCUT2D eigenvalue weighted by atomic mass is 9.94. The number of halogens is 4. The summed E-state index contributed by atoms with van der Waals surface area (Å²) in [4.78, 5) is 0.478. The molecule has 0 aliphatic heterocycles. The molecule has 0 nitrogen and oxygen atoms in total. The number of fused-ring (bicyclic) bond motifs is 1. The summed E-state index contributed by atoms with van der Waals surface area (Å²) in [6.07, 6.45) is 0. The molecule has 0 saturated carbocycles. The Labute approximate surface area is 113 Å². The summed E-state index contributed by atoms with van der Waals surface area (Å²) in [7, 11) is -1.77. The minimum absolute atomic E-state index is 0. The maximum Gasteiger partial charge on any atom is 0.600 e. The number of alkyl halides is 3. The van der Waals surface area contributed by atoms with Crippen molar-refractivity contribution in [2.45, 2.75) is 31.7 Å². The van der Waals surface area contributed by atoms with Crippen LogP contribution in [0.2, 0.25) is 0 Å². The molecule has 0 aliphatic rings. The zero-order valence-corrected chi connectivity index (χ0v) is 11.9. The SMILES string of the molecule is CC(C)(C)c1cc2ccccc2[s+]1C(F)(F)F.[Cl-]. The smallest absolute Gasteiger partial charge is 0.600 e. The van der Waals surface area contributed by atoms with Crippen molar-refractivity contribution in [2.24, 2.45) is 0 Å². The fourth-order valence-corrected chi connectivity index (χ4v) is 4.05. The van der Waals surface area contributed by atoms with Crippen molar-refractivity contribution in [1.29, 1.82) is 0 Å². The van der Waals surface area contributed by atoms with Crippen LogP contribution in [-0.4, -0.2) is 0 Å². The average molecular weight is 295 g/mol. The van der Waals surface area contributed by atoms with Crippen LogP contribution >= 0.6 is 10.5 Å². The molecule has 2 rings (SSSR count). The molecule has 0 amide bonds. The topological polar surface area (TPSA) is 0 Å². The third-order valence-electron chi connectivity index (χ3n) is 2.62. The first-order valence-corrected chi connectivity index (χ1v) is 6.56. The fraction of sp³-hybridized carbons (Fsp3) is 0.385. The predicted octanol–water partition coefficient (Wildman–Crippen LogP) is 2.37. The Morgan fingerprint density at radius 2 is 1.56 bits per heavy atom. The highest BCUT2D eigenvalue weighted by Crippen LogP contribution is 2.53. The van der Waals surface area contributed by atoms with E-state index in [9.17, 15) is 13.2 Å². The fourth-order valence-electron chi connectivity index (χ4n) is 1.88. The number of rotatable bonds is 0. The van der Waals surface area contributed by atoms with Crippen LogP contribution in [0.4, 0.5) is 13.2 Å². The maximum atomic E-state index is 13.2. The second-order valence-corrected chi connectivity index (χ2v) is 7.00. The van der Waals surface area contributed by atoms with Crippen molar-refractivity contribution in [3.8, 4) is 0 Å². The van der Waals surface area contributed by atoms with Crippen molar-refractivity contribution in [3.05, 3.63) is 35.2 Å². The molecule has 0 N–H and O–H groups in total. The molecule has 1 atom stereocenters. The molecule has 0 radical (unpaired) electrons. The maximum absolute atomic E-state index is 13.2. The van der Waals surface area contributed by atoms with Gasteiger partial charge in [0.1, 0.15) is 0 Å². The number of benzene rings is 1. The lowest BCUT2D eigenvalue weighted by molar-refractivity contribution is -0.0869. The Kier molecular flexibility index (Phi) is 4.03. The molecule has 1 aromatic carbocycles. The van der Waals surface area contributed by atoms with Gasteiger partial charge in [0.15, 0.2) is 9.58 Å². The van der Waals surface area contributed by atoms with Crippen LogP contribution in [0.5, 0.6) is 0 Å². The molecule has 1 unspecified atom stereocenters. The van der Waals surface area contributed by atoms with Gasteiger partial charge in [0.25, 0.3) is 0 Å². The molecule has 5 heteroatoms. The predicted molar refractivity (Wildman–Crippen MR) is 66.4 cm³/mol. The summed E-state index contributed by atoms with van der Waals surface area (Å²) in [5.74, 6) is 0. The van der Waals surface area contributed by atoms with Gasteiger partial charge in [-0.1, -0.05) is 32.9 Å². The Balaban J connectivity index is 0.00000162. The van der Waals surface area contributed by atoms with E-state index in [1.54, 1.807) is 30.3 Å². The summed E-state index contributed by atoms with van der Waals surface area (Å²) in [5.41, 5.74) is -4.65. The zero-order valence-electron chi connectivity index (χ0n) is 10.3. The van der Waals surface area contributed by atoms with E-state index in [1.807, 2.05) is 20.8 Å². The summed E-state index contributed by atoms with van der Waals surface area (Å²) in [6, 6.07) is 8.48. The van der Waals surface area contributed by atoms with Gasteiger partial charge in [0.2, 0.25) is 0 Å². The van der Waals surface area contributed by atoms with Gasteiger partial charge in [-0.3, -0.25) is 0 Å². The molecule has 0 bridgehead atoms. The van der Waals surface area contributed by atoms with Gasteiger partial charge in [0, 0.05) is 16.9 Å². The minimum atomic E-state index is -4.19. The monoisotopic (exact) mass is 294 g/mol. The van der Waals surface area contributed by atoms with Crippen molar-refractivity contribution in [1.82, 2.24) is 0 Å². The van der Waals surface area contributed by atoms with Crippen molar-refractivity contribution < 1.29 is 25.6 Å². The molecule has 0 fully saturated rings. The molecule has 1 aromatic heterocycles. The Morgan fingerprint density at radius 3 is 2.06 bits per heavy atom. The summed E-state index contributed by atoms with van der Waals surface area (Å²) >= 11 is 0. The van der Waals surface area contributed by atoms with Gasteiger partial charge in [-0.2, -0.15) is 0 Å². The molecule has 0 aliphatic carbocycles. The summed E-state index contributed by atoms with van der Waals surface area (Å²) < 4.78 is 40.0. The highest BCUT2D eigenvalue weighted by Gasteiger charge is 2.50. The van der Waals surface area contributed by atoms with Gasteiger partial charge in [-0.15, -0.1) is 13.2 Å². The highest BCUT2D eigenvalue weighted by atomic mass is 35.5. The zero-order chi connectivity index (χ0) is 12.8. The lowest BCUT2D eigenvalue weighted by Crippen LogP contribution is -3.00. The van der Waals surface area contributed by atoms with Crippen LogP contribution in [0.1, 0.15) is 25.6 Å². The molecule has 18 heavy (non-hydrogen) atoms. The van der Waals surface area contributed by atoms with Crippen molar-refractivity contribution in [2.75, 3.05) is 0 Å². The minimum Gasteiger partial charge on any atom is -1.00 e. The van der Waals surface area contributed by atoms with E-state index in [0.29, 0.717) is 15.0 Å². The summed E-state index contributed by atoms with van der Waals surface area (Å²) in [5, 5.41) is 0.707. The second-order valence-electron chi connectivity index (χ2n) is 5.05. The van der Waals surface area contributed by atoms with Crippen LogP contribution in [-0.2, 0) is 10.9 Å². The number of hydrogen-bond donors (Lipinski definition) is 0. The number of thiophene rings is 1. The molecule has 100 valence electrons. The van der Waals surface area contributed by atoms with Crippen LogP contribution < -0.4 is 12.4 Å². The number of hydrogen-bond acceptors (Lipinski definition) is 0. The third-order valence-corrected chi connectivity index (χ3v) is 5.06. The molecule has 0 spiro atoms. The van der Waals surface area contributed by atoms with Crippen LogP contribution in [0.15, 0.2) is 30.3 Å². The average Bonchev–Trinajstić information content (AvgIpc) is 2.54. The Morgan fingerprint density at radius 1 is 1.00 bits per heavy atom. The van der Waals surface area contributed by atoms with E-state index >= 15 is 0 Å². The Hall–Kier alpha value is -0.740. The van der Waals surface area contributed by atoms with E-state index < -0.39 is 21.4 Å². The van der Waals surface area contributed by atoms with E-state index in [-0.39, 0.29) is 12.4 Å². The third kappa shape index (κ3) is 2.64. The first-order valence-electron chi connectivity index (χ1n) is 5.33. The van der Waals surface area contributed by atoms with E-state index in [2.05, 4.69) is 0 Å². The second kappa shape index (κ2) is 4.74. The molecular formula is C13H14ClF3S. The van der Waals surface area contributed by atoms with Gasteiger partial charge in [-0.25, -0.2) is 0 Å². The summed E-state index contributed by atoms with van der Waals surface area (Å²) in [6.45, 7) is 5.49. The lowest BCUT2D eigenvalue weighted by Gasteiger charge is -2.13. The van der Waals surface area contributed by atoms with E-state index in [1.165, 1.54) is 0 Å². The van der Waals surface area contributed by atoms with Crippen LogP contribution in [0, 0.1) is 0 Å². The normalized spacial score (nSPS) is 13.6. The quantitative estimate of drug-likeness (QED) is 0.655. The largest absolute Gasteiger partial charge is 1.00 e. The van der Waals surface area contributed by atoms with Gasteiger partial charge >= 0.3 is 5.51 Å². The highest BCUT2D eigenvalue weighted by molar-refractivity contribution is 7.38. The van der Waals surface area contributed by atoms with Crippen LogP contribution in [0.25, 0.3) is 10.1 Å². The van der Waals surface area contributed by atoms with Crippen LogP contribution in [0.3, 0.4) is 0 Å². The first-order chi connectivity index (χ1) is 7.71. The van der Waals surface area contributed by atoms with Crippen molar-refractivity contribution >= 4 is 20.6 Å². The van der Waals surface area contributed by atoms with E-state index in [4.69, 9.17) is 0 Å². The molecule has 0 saturated heterocycles. The molecule has 1 heterocycles. The van der Waals surface area contributed by atoms with E-state index in [0.717, 1.165) is 0 Å². The first kappa shape index (κ1) is 15.3. The molecular weight excluding hydrogens is 281 g/mol.